The molecule has 1 aromatic carbocycles. The zero-order valence-electron chi connectivity index (χ0n) is 8.32. The Balaban J connectivity index is 3.44. The lowest BCUT2D eigenvalue weighted by Crippen LogP contribution is -2.15. The van der Waals surface area contributed by atoms with Crippen molar-refractivity contribution in [2.45, 2.75) is 0 Å². The molecule has 0 saturated heterocycles. The molecule has 0 spiro atoms. The van der Waals surface area contributed by atoms with Crippen molar-refractivity contribution >= 4 is 21.8 Å². The number of rotatable bonds is 3. The van der Waals surface area contributed by atoms with Gasteiger partial charge in [0.25, 0.3) is 0 Å². The van der Waals surface area contributed by atoms with Crippen molar-refractivity contribution in [2.75, 3.05) is 14.2 Å². The highest BCUT2D eigenvalue weighted by molar-refractivity contribution is 9.10. The van der Waals surface area contributed by atoms with Crippen molar-refractivity contribution in [2.24, 2.45) is 10.9 Å². The lowest BCUT2D eigenvalue weighted by Gasteiger charge is -2.12. The van der Waals surface area contributed by atoms with E-state index in [1.807, 2.05) is 0 Å². The lowest BCUT2D eigenvalue weighted by atomic mass is 10.1. The fourth-order valence-electron chi connectivity index (χ4n) is 1.18. The molecule has 0 atom stereocenters. The number of oxime groups is 1. The molecule has 6 heteroatoms. The number of nitrogens with two attached hydrogens (primary N) is 1. The molecule has 0 aromatic heterocycles. The minimum Gasteiger partial charge on any atom is -0.496 e. The summed E-state index contributed by atoms with van der Waals surface area (Å²) < 4.78 is 11.0. The minimum atomic E-state index is -0.0591. The Morgan fingerprint density at radius 3 is 2.13 bits per heavy atom. The number of methoxy groups -OCH3 is 2. The lowest BCUT2D eigenvalue weighted by molar-refractivity contribution is 0.317. The van der Waals surface area contributed by atoms with Gasteiger partial charge in [0.15, 0.2) is 5.84 Å². The summed E-state index contributed by atoms with van der Waals surface area (Å²) in [5.74, 6) is 0.879. The molecular weight excluding hydrogens is 264 g/mol. The zero-order valence-corrected chi connectivity index (χ0v) is 9.91. The third-order valence-electron chi connectivity index (χ3n) is 1.83. The van der Waals surface area contributed by atoms with Crippen LogP contribution < -0.4 is 15.2 Å². The van der Waals surface area contributed by atoms with Crippen molar-refractivity contribution < 1.29 is 14.7 Å². The van der Waals surface area contributed by atoms with Crippen LogP contribution in [-0.4, -0.2) is 25.3 Å². The van der Waals surface area contributed by atoms with Crippen LogP contribution in [0.2, 0.25) is 0 Å². The summed E-state index contributed by atoms with van der Waals surface area (Å²) in [6, 6.07) is 3.41. The maximum absolute atomic E-state index is 8.64. The van der Waals surface area contributed by atoms with Gasteiger partial charge >= 0.3 is 0 Å². The molecule has 0 amide bonds. The molecule has 0 heterocycles. The smallest absolute Gasteiger partial charge is 0.177 e. The van der Waals surface area contributed by atoms with Gasteiger partial charge in [-0.15, -0.1) is 0 Å². The van der Waals surface area contributed by atoms with Gasteiger partial charge in [-0.25, -0.2) is 0 Å². The molecule has 3 N–H and O–H groups in total. The monoisotopic (exact) mass is 274 g/mol. The second kappa shape index (κ2) is 4.88. The summed E-state index contributed by atoms with van der Waals surface area (Å²) in [5, 5.41) is 11.6. The van der Waals surface area contributed by atoms with Gasteiger partial charge < -0.3 is 20.4 Å². The topological polar surface area (TPSA) is 77.1 Å². The normalized spacial score (nSPS) is 11.3. The van der Waals surface area contributed by atoms with Crippen LogP contribution in [0.4, 0.5) is 0 Å². The number of amidine groups is 1. The Morgan fingerprint density at radius 2 is 1.80 bits per heavy atom. The van der Waals surface area contributed by atoms with Gasteiger partial charge in [0.05, 0.1) is 14.2 Å². The van der Waals surface area contributed by atoms with Crippen LogP contribution in [-0.2, 0) is 0 Å². The van der Waals surface area contributed by atoms with Gasteiger partial charge in [-0.05, 0) is 12.1 Å². The first-order valence-electron chi connectivity index (χ1n) is 4.03. The van der Waals surface area contributed by atoms with Gasteiger partial charge in [0, 0.05) is 4.47 Å². The Morgan fingerprint density at radius 1 is 1.33 bits per heavy atom. The molecule has 0 unspecified atom stereocenters. The van der Waals surface area contributed by atoms with Gasteiger partial charge in [0.1, 0.15) is 17.1 Å². The van der Waals surface area contributed by atoms with E-state index in [2.05, 4.69) is 21.1 Å². The van der Waals surface area contributed by atoms with Crippen molar-refractivity contribution in [1.29, 1.82) is 0 Å². The van der Waals surface area contributed by atoms with Crippen molar-refractivity contribution in [3.05, 3.63) is 22.2 Å². The maximum Gasteiger partial charge on any atom is 0.177 e. The van der Waals surface area contributed by atoms with Gasteiger partial charge in [-0.3, -0.25) is 0 Å². The first-order chi connectivity index (χ1) is 7.13. The SMILES string of the molecule is COc1cc(Br)cc(OC)c1/C(N)=N/O. The van der Waals surface area contributed by atoms with Crippen molar-refractivity contribution in [1.82, 2.24) is 0 Å². The van der Waals surface area contributed by atoms with Crippen LogP contribution in [0.25, 0.3) is 0 Å². The van der Waals surface area contributed by atoms with Gasteiger partial charge in [-0.1, -0.05) is 21.1 Å². The average Bonchev–Trinajstić information content (AvgIpc) is 2.26. The Hall–Kier alpha value is -1.43. The van der Waals surface area contributed by atoms with E-state index in [0.717, 1.165) is 4.47 Å². The molecule has 82 valence electrons. The molecule has 0 aliphatic rings. The van der Waals surface area contributed by atoms with E-state index < -0.39 is 0 Å². The number of hydrogen-bond donors (Lipinski definition) is 2. The highest BCUT2D eigenvalue weighted by Gasteiger charge is 2.15. The van der Waals surface area contributed by atoms with E-state index in [1.165, 1.54) is 14.2 Å². The number of nitrogens with zero attached hydrogens (tertiary/aromatic N) is 1. The molecule has 0 bridgehead atoms. The summed E-state index contributed by atoms with van der Waals surface area (Å²) in [6.07, 6.45) is 0. The van der Waals surface area contributed by atoms with Gasteiger partial charge in [0.2, 0.25) is 0 Å². The van der Waals surface area contributed by atoms with E-state index in [-0.39, 0.29) is 5.84 Å². The second-order valence-corrected chi connectivity index (χ2v) is 3.59. The molecule has 5 nitrogen and oxygen atoms in total. The molecule has 0 radical (unpaired) electrons. The number of ether oxygens (including phenoxy) is 2. The molecule has 15 heavy (non-hydrogen) atoms. The van der Waals surface area contributed by atoms with Crippen LogP contribution in [0, 0.1) is 0 Å². The maximum atomic E-state index is 8.64. The van der Waals surface area contributed by atoms with Crippen LogP contribution in [0.1, 0.15) is 5.56 Å². The van der Waals surface area contributed by atoms with Crippen molar-refractivity contribution in [3.63, 3.8) is 0 Å². The van der Waals surface area contributed by atoms with Crippen molar-refractivity contribution in [3.8, 4) is 11.5 Å². The predicted octanol–water partition coefficient (Wildman–Crippen LogP) is 1.56. The zero-order chi connectivity index (χ0) is 11.4. The van der Waals surface area contributed by atoms with E-state index in [0.29, 0.717) is 17.1 Å². The van der Waals surface area contributed by atoms with Gasteiger partial charge in [-0.2, -0.15) is 0 Å². The highest BCUT2D eigenvalue weighted by Crippen LogP contribution is 2.32. The average molecular weight is 275 g/mol. The summed E-state index contributed by atoms with van der Waals surface area (Å²) in [6.45, 7) is 0. The molecule has 0 fully saturated rings. The standard InChI is InChI=1S/C9H11BrN2O3/c1-14-6-3-5(10)4-7(15-2)8(6)9(11)12-13/h3-4,13H,1-2H3,(H2,11,12). The number of benzene rings is 1. The third-order valence-corrected chi connectivity index (χ3v) is 2.29. The largest absolute Gasteiger partial charge is 0.496 e. The first-order valence-corrected chi connectivity index (χ1v) is 4.82. The Labute approximate surface area is 95.6 Å². The summed E-state index contributed by atoms with van der Waals surface area (Å²) in [4.78, 5) is 0. The summed E-state index contributed by atoms with van der Waals surface area (Å²) >= 11 is 3.30. The summed E-state index contributed by atoms with van der Waals surface area (Å²) in [7, 11) is 2.99. The first kappa shape index (κ1) is 11.6. The number of halogens is 1. The molecule has 0 aliphatic carbocycles. The van der Waals surface area contributed by atoms with E-state index >= 15 is 0 Å². The quantitative estimate of drug-likeness (QED) is 0.380. The van der Waals surface area contributed by atoms with E-state index in [1.54, 1.807) is 12.1 Å². The molecule has 1 rings (SSSR count). The number of hydrogen-bond acceptors (Lipinski definition) is 4. The molecule has 0 aliphatic heterocycles. The van der Waals surface area contributed by atoms with Crippen LogP contribution in [0.15, 0.2) is 21.8 Å². The Bertz CT molecular complexity index is 368. The van der Waals surface area contributed by atoms with Crippen LogP contribution in [0.3, 0.4) is 0 Å². The third kappa shape index (κ3) is 2.33. The molecule has 0 saturated carbocycles. The highest BCUT2D eigenvalue weighted by atomic mass is 79.9. The minimum absolute atomic E-state index is 0.0591. The predicted molar refractivity (Wildman–Crippen MR) is 59.8 cm³/mol. The second-order valence-electron chi connectivity index (χ2n) is 2.67. The van der Waals surface area contributed by atoms with Crippen LogP contribution >= 0.6 is 15.9 Å². The van der Waals surface area contributed by atoms with E-state index in [4.69, 9.17) is 20.4 Å². The Kier molecular flexibility index (Phi) is 3.79. The fourth-order valence-corrected chi connectivity index (χ4v) is 1.60. The van der Waals surface area contributed by atoms with E-state index in [9.17, 15) is 0 Å². The molecular formula is C9H11BrN2O3. The van der Waals surface area contributed by atoms with Crippen LogP contribution in [0.5, 0.6) is 11.5 Å². The summed E-state index contributed by atoms with van der Waals surface area (Å²) in [5.41, 5.74) is 5.94. The fraction of sp³-hybridized carbons (Fsp3) is 0.222. The molecule has 1 aromatic rings.